The van der Waals surface area contributed by atoms with Crippen LogP contribution in [0.5, 0.6) is 0 Å². The summed E-state index contributed by atoms with van der Waals surface area (Å²) >= 11 is 1.31. The molecule has 1 heterocycles. The third kappa shape index (κ3) is 6.44. The van der Waals surface area contributed by atoms with Crippen LogP contribution in [0, 0.1) is 0 Å². The van der Waals surface area contributed by atoms with E-state index in [0.29, 0.717) is 10.8 Å². The highest BCUT2D eigenvalue weighted by atomic mass is 32.2. The molecule has 6 N–H and O–H groups in total. The van der Waals surface area contributed by atoms with E-state index < -0.39 is 13.9 Å². The third-order valence-corrected chi connectivity index (χ3v) is 2.87. The van der Waals surface area contributed by atoms with Crippen LogP contribution in [0.15, 0.2) is 11.1 Å². The van der Waals surface area contributed by atoms with Crippen molar-refractivity contribution in [3.8, 4) is 0 Å². The first-order chi connectivity index (χ1) is 7.87. The second-order valence-electron chi connectivity index (χ2n) is 3.04. The number of nitrogens with zero attached hydrogens (tertiary/aromatic N) is 2. The van der Waals surface area contributed by atoms with Crippen molar-refractivity contribution in [1.29, 1.82) is 0 Å². The van der Waals surface area contributed by atoms with Crippen LogP contribution in [0.4, 0.5) is 11.8 Å². The fourth-order valence-electron chi connectivity index (χ4n) is 0.924. The SMILES string of the molecule is Nc1cc(SCCOCP(=O)(O)O)nc(N)n1. The summed E-state index contributed by atoms with van der Waals surface area (Å²) < 4.78 is 15.3. The molecule has 0 unspecified atom stereocenters. The van der Waals surface area contributed by atoms with Crippen LogP contribution >= 0.6 is 19.4 Å². The topological polar surface area (TPSA) is 145 Å². The number of nitrogens with two attached hydrogens (primary N) is 2. The maximum Gasteiger partial charge on any atom is 0.350 e. The van der Waals surface area contributed by atoms with Gasteiger partial charge in [-0.15, -0.1) is 11.8 Å². The van der Waals surface area contributed by atoms with E-state index in [9.17, 15) is 4.57 Å². The van der Waals surface area contributed by atoms with Crippen LogP contribution in [-0.4, -0.2) is 38.5 Å². The molecule has 96 valence electrons. The molecule has 1 aromatic heterocycles. The third-order valence-electron chi connectivity index (χ3n) is 1.48. The minimum absolute atomic E-state index is 0.0867. The summed E-state index contributed by atoms with van der Waals surface area (Å²) in [5.41, 5.74) is 10.9. The number of hydrogen-bond acceptors (Lipinski definition) is 7. The molecule has 0 aliphatic rings. The standard InChI is InChI=1S/C7H13N4O4PS/c8-5-3-6(11-7(9)10-5)17-2-1-15-4-16(12,13)14/h3H,1-2,4H2,(H2,12,13,14)(H4,8,9,10,11). The molecule has 0 bridgehead atoms. The number of thioether (sulfide) groups is 1. The lowest BCUT2D eigenvalue weighted by molar-refractivity contribution is 0.173. The minimum Gasteiger partial charge on any atom is -0.383 e. The molecule has 0 aliphatic heterocycles. The zero-order valence-corrected chi connectivity index (χ0v) is 10.5. The number of nitrogen functional groups attached to an aromatic ring is 2. The Morgan fingerprint density at radius 3 is 2.71 bits per heavy atom. The van der Waals surface area contributed by atoms with Gasteiger partial charge in [-0.1, -0.05) is 0 Å². The molecule has 0 amide bonds. The van der Waals surface area contributed by atoms with Gasteiger partial charge in [-0.05, 0) is 0 Å². The fourth-order valence-corrected chi connectivity index (χ4v) is 2.06. The highest BCUT2D eigenvalue weighted by Gasteiger charge is 2.12. The molecule has 1 rings (SSSR count). The molecule has 0 atom stereocenters. The zero-order chi connectivity index (χ0) is 12.9. The van der Waals surface area contributed by atoms with Crippen molar-refractivity contribution in [1.82, 2.24) is 9.97 Å². The summed E-state index contributed by atoms with van der Waals surface area (Å²) in [5.74, 6) is 0.843. The molecule has 0 saturated carbocycles. The summed E-state index contributed by atoms with van der Waals surface area (Å²) in [4.78, 5) is 24.7. The molecule has 0 saturated heterocycles. The predicted molar refractivity (Wildman–Crippen MR) is 64.4 cm³/mol. The van der Waals surface area contributed by atoms with Gasteiger partial charge in [0.15, 0.2) is 0 Å². The molecule has 1 aromatic rings. The van der Waals surface area contributed by atoms with E-state index >= 15 is 0 Å². The molecular weight excluding hydrogens is 267 g/mol. The van der Waals surface area contributed by atoms with Crippen molar-refractivity contribution in [2.75, 3.05) is 30.2 Å². The first kappa shape index (κ1) is 14.2. The normalized spacial score (nSPS) is 11.6. The monoisotopic (exact) mass is 280 g/mol. The Bertz CT molecular complexity index is 406. The molecule has 0 aromatic carbocycles. The largest absolute Gasteiger partial charge is 0.383 e. The van der Waals surface area contributed by atoms with Crippen molar-refractivity contribution in [2.24, 2.45) is 0 Å². The van der Waals surface area contributed by atoms with E-state index in [1.54, 1.807) is 6.07 Å². The summed E-state index contributed by atoms with van der Waals surface area (Å²) in [6.07, 6.45) is -0.582. The predicted octanol–water partition coefficient (Wildman–Crippen LogP) is -0.115. The van der Waals surface area contributed by atoms with Crippen molar-refractivity contribution < 1.29 is 19.1 Å². The van der Waals surface area contributed by atoms with Crippen molar-refractivity contribution in [2.45, 2.75) is 5.03 Å². The Labute approximate surface area is 102 Å². The molecule has 0 spiro atoms. The molecule has 17 heavy (non-hydrogen) atoms. The van der Waals surface area contributed by atoms with Gasteiger partial charge >= 0.3 is 7.60 Å². The fraction of sp³-hybridized carbons (Fsp3) is 0.429. The summed E-state index contributed by atoms with van der Waals surface area (Å²) in [7, 11) is -4.09. The van der Waals surface area contributed by atoms with Gasteiger partial charge in [0.25, 0.3) is 0 Å². The van der Waals surface area contributed by atoms with Crippen LogP contribution in [0.1, 0.15) is 0 Å². The summed E-state index contributed by atoms with van der Waals surface area (Å²) in [6.45, 7) is 0.194. The second-order valence-corrected chi connectivity index (χ2v) is 5.74. The number of rotatable bonds is 6. The minimum atomic E-state index is -4.09. The van der Waals surface area contributed by atoms with E-state index in [1.165, 1.54) is 11.8 Å². The van der Waals surface area contributed by atoms with Crippen LogP contribution in [0.3, 0.4) is 0 Å². The van der Waals surface area contributed by atoms with E-state index in [2.05, 4.69) is 9.97 Å². The van der Waals surface area contributed by atoms with Crippen LogP contribution in [0.25, 0.3) is 0 Å². The first-order valence-electron chi connectivity index (χ1n) is 4.52. The van der Waals surface area contributed by atoms with E-state index in [-0.39, 0.29) is 18.4 Å². The lowest BCUT2D eigenvalue weighted by atomic mass is 10.6. The molecule has 0 aliphatic carbocycles. The van der Waals surface area contributed by atoms with Gasteiger partial charge in [-0.3, -0.25) is 4.57 Å². The summed E-state index contributed by atoms with van der Waals surface area (Å²) in [6, 6.07) is 1.56. The summed E-state index contributed by atoms with van der Waals surface area (Å²) in [5, 5.41) is 0.592. The maximum absolute atomic E-state index is 10.5. The van der Waals surface area contributed by atoms with E-state index in [1.807, 2.05) is 0 Å². The van der Waals surface area contributed by atoms with Gasteiger partial charge in [0.2, 0.25) is 5.95 Å². The van der Waals surface area contributed by atoms with E-state index in [4.69, 9.17) is 26.0 Å². The van der Waals surface area contributed by atoms with Crippen LogP contribution in [0.2, 0.25) is 0 Å². The Balaban J connectivity index is 2.29. The average Bonchev–Trinajstić information content (AvgIpc) is 2.13. The smallest absolute Gasteiger partial charge is 0.350 e. The first-order valence-corrected chi connectivity index (χ1v) is 7.30. The Kier molecular flexibility index (Phi) is 5.16. The number of ether oxygens (including phenoxy) is 1. The molecule has 10 heteroatoms. The van der Waals surface area contributed by atoms with E-state index in [0.717, 1.165) is 0 Å². The Morgan fingerprint density at radius 2 is 2.12 bits per heavy atom. The number of hydrogen-bond donors (Lipinski definition) is 4. The lowest BCUT2D eigenvalue weighted by Crippen LogP contribution is -2.02. The van der Waals surface area contributed by atoms with Crippen molar-refractivity contribution in [3.05, 3.63) is 6.07 Å². The Hall–Kier alpha value is -0.860. The quantitative estimate of drug-likeness (QED) is 0.242. The molecule has 0 fully saturated rings. The molecular formula is C7H13N4O4PS. The van der Waals surface area contributed by atoms with Crippen molar-refractivity contribution in [3.63, 3.8) is 0 Å². The van der Waals surface area contributed by atoms with Crippen LogP contribution < -0.4 is 11.5 Å². The van der Waals surface area contributed by atoms with Crippen molar-refractivity contribution >= 4 is 31.1 Å². The lowest BCUT2D eigenvalue weighted by Gasteiger charge is -2.05. The van der Waals surface area contributed by atoms with Gasteiger partial charge in [0.1, 0.15) is 17.2 Å². The maximum atomic E-state index is 10.5. The van der Waals surface area contributed by atoms with Gasteiger partial charge in [0.05, 0.1) is 6.61 Å². The molecule has 8 nitrogen and oxygen atoms in total. The second kappa shape index (κ2) is 6.18. The van der Waals surface area contributed by atoms with Gasteiger partial charge in [-0.2, -0.15) is 4.98 Å². The highest BCUT2D eigenvalue weighted by molar-refractivity contribution is 7.99. The van der Waals surface area contributed by atoms with Gasteiger partial charge in [-0.25, -0.2) is 4.98 Å². The number of aromatic nitrogens is 2. The number of anilines is 2. The highest BCUT2D eigenvalue weighted by Crippen LogP contribution is 2.33. The van der Waals surface area contributed by atoms with Gasteiger partial charge in [0, 0.05) is 11.8 Å². The Morgan fingerprint density at radius 1 is 1.41 bits per heavy atom. The molecule has 0 radical (unpaired) electrons. The van der Waals surface area contributed by atoms with Crippen LogP contribution in [-0.2, 0) is 9.30 Å². The zero-order valence-electron chi connectivity index (χ0n) is 8.81. The average molecular weight is 280 g/mol. The van der Waals surface area contributed by atoms with Gasteiger partial charge < -0.3 is 26.0 Å².